The van der Waals surface area contributed by atoms with Crippen molar-refractivity contribution in [3.8, 4) is 22.9 Å². The van der Waals surface area contributed by atoms with E-state index in [2.05, 4.69) is 9.97 Å². The zero-order chi connectivity index (χ0) is 16.2. The number of imidazole rings is 1. The number of aromatic amines is 1. The second-order valence-electron chi connectivity index (χ2n) is 5.19. The molecule has 5 nitrogen and oxygen atoms in total. The van der Waals surface area contributed by atoms with E-state index in [0.29, 0.717) is 17.9 Å². The molecule has 0 aliphatic carbocycles. The van der Waals surface area contributed by atoms with Gasteiger partial charge in [0.25, 0.3) is 0 Å². The Morgan fingerprint density at radius 2 is 2.00 bits per heavy atom. The van der Waals surface area contributed by atoms with Gasteiger partial charge in [-0.15, -0.1) is 0 Å². The average Bonchev–Trinajstić information content (AvgIpc) is 2.99. The van der Waals surface area contributed by atoms with Crippen molar-refractivity contribution in [1.29, 1.82) is 0 Å². The molecule has 0 saturated carbocycles. The maximum Gasteiger partial charge on any atom is 0.311 e. The van der Waals surface area contributed by atoms with Gasteiger partial charge in [0.15, 0.2) is 11.5 Å². The van der Waals surface area contributed by atoms with Crippen molar-refractivity contribution in [2.24, 2.45) is 0 Å². The molecule has 0 saturated heterocycles. The normalized spacial score (nSPS) is 10.7. The number of aromatic nitrogens is 2. The molecule has 0 spiro atoms. The zero-order valence-electron chi connectivity index (χ0n) is 13.1. The predicted octanol–water partition coefficient (Wildman–Crippen LogP) is 3.94. The van der Waals surface area contributed by atoms with Crippen molar-refractivity contribution in [2.75, 3.05) is 7.11 Å². The molecule has 0 atom stereocenters. The van der Waals surface area contributed by atoms with Crippen molar-refractivity contribution in [3.63, 3.8) is 0 Å². The molecular formula is C18H18N2O3. The van der Waals surface area contributed by atoms with Crippen LogP contribution >= 0.6 is 0 Å². The van der Waals surface area contributed by atoms with E-state index in [4.69, 9.17) is 9.47 Å². The lowest BCUT2D eigenvalue weighted by atomic mass is 10.2. The zero-order valence-corrected chi connectivity index (χ0v) is 13.1. The number of fused-ring (bicyclic) bond motifs is 1. The highest BCUT2D eigenvalue weighted by molar-refractivity contribution is 5.80. The highest BCUT2D eigenvalue weighted by atomic mass is 16.6. The van der Waals surface area contributed by atoms with E-state index in [9.17, 15) is 4.79 Å². The third-order valence-electron chi connectivity index (χ3n) is 3.50. The van der Waals surface area contributed by atoms with Crippen LogP contribution in [0.2, 0.25) is 0 Å². The van der Waals surface area contributed by atoms with Gasteiger partial charge in [-0.1, -0.05) is 19.1 Å². The first-order chi connectivity index (χ1) is 11.2. The molecule has 23 heavy (non-hydrogen) atoms. The predicted molar refractivity (Wildman–Crippen MR) is 88.6 cm³/mol. The summed E-state index contributed by atoms with van der Waals surface area (Å²) < 4.78 is 10.7. The molecule has 0 fully saturated rings. The molecule has 0 aliphatic heterocycles. The lowest BCUT2D eigenvalue weighted by Gasteiger charge is -2.10. The van der Waals surface area contributed by atoms with Crippen LogP contribution < -0.4 is 9.47 Å². The Hall–Kier alpha value is -2.82. The number of nitrogens with one attached hydrogen (secondary N) is 1. The van der Waals surface area contributed by atoms with E-state index < -0.39 is 0 Å². The number of carbonyl (C=O) groups excluding carboxylic acids is 1. The second-order valence-corrected chi connectivity index (χ2v) is 5.19. The molecule has 1 aromatic heterocycles. The van der Waals surface area contributed by atoms with E-state index in [1.807, 2.05) is 43.3 Å². The summed E-state index contributed by atoms with van der Waals surface area (Å²) in [5.41, 5.74) is 2.74. The Morgan fingerprint density at radius 1 is 1.17 bits per heavy atom. The maximum absolute atomic E-state index is 11.7. The fraction of sp³-hybridized carbons (Fsp3) is 0.222. The molecule has 1 heterocycles. The first kappa shape index (κ1) is 15.1. The van der Waals surface area contributed by atoms with Gasteiger partial charge in [0.05, 0.1) is 18.1 Å². The van der Waals surface area contributed by atoms with E-state index in [1.54, 1.807) is 13.2 Å². The number of hydrogen-bond acceptors (Lipinski definition) is 4. The van der Waals surface area contributed by atoms with Crippen LogP contribution in [0.5, 0.6) is 11.5 Å². The Bertz CT molecular complexity index is 806. The van der Waals surface area contributed by atoms with Crippen molar-refractivity contribution in [1.82, 2.24) is 9.97 Å². The van der Waals surface area contributed by atoms with Gasteiger partial charge in [-0.3, -0.25) is 4.79 Å². The molecule has 118 valence electrons. The number of nitrogens with zero attached hydrogens (tertiary/aromatic N) is 1. The van der Waals surface area contributed by atoms with Crippen molar-refractivity contribution >= 4 is 17.0 Å². The highest BCUT2D eigenvalue weighted by Crippen LogP contribution is 2.32. The number of carbonyl (C=O) groups is 1. The molecule has 3 rings (SSSR count). The van der Waals surface area contributed by atoms with Gasteiger partial charge < -0.3 is 14.5 Å². The molecular weight excluding hydrogens is 292 g/mol. The summed E-state index contributed by atoms with van der Waals surface area (Å²) in [6.07, 6.45) is 1.13. The van der Waals surface area contributed by atoms with E-state index in [1.165, 1.54) is 0 Å². The van der Waals surface area contributed by atoms with E-state index in [-0.39, 0.29) is 5.97 Å². The van der Waals surface area contributed by atoms with Gasteiger partial charge >= 0.3 is 5.97 Å². The minimum absolute atomic E-state index is 0.262. The molecule has 0 unspecified atom stereocenters. The molecule has 0 amide bonds. The van der Waals surface area contributed by atoms with Crippen LogP contribution in [0.4, 0.5) is 0 Å². The van der Waals surface area contributed by atoms with Crippen LogP contribution in [-0.4, -0.2) is 23.0 Å². The van der Waals surface area contributed by atoms with Crippen molar-refractivity contribution in [2.45, 2.75) is 19.8 Å². The standard InChI is InChI=1S/C18H18N2O3/c1-3-6-17(21)23-15-10-9-12(11-16(15)22-2)18-19-13-7-4-5-8-14(13)20-18/h4-5,7-11H,3,6H2,1-2H3,(H,19,20). The first-order valence-corrected chi connectivity index (χ1v) is 7.55. The fourth-order valence-corrected chi connectivity index (χ4v) is 2.37. The second kappa shape index (κ2) is 6.52. The SMILES string of the molecule is CCCC(=O)Oc1ccc(-c2nc3ccccc3[nH]2)cc1OC. The Balaban J connectivity index is 1.93. The number of esters is 1. The topological polar surface area (TPSA) is 64.2 Å². The minimum Gasteiger partial charge on any atom is -0.493 e. The van der Waals surface area contributed by atoms with Crippen LogP contribution in [0.1, 0.15) is 19.8 Å². The van der Waals surface area contributed by atoms with Gasteiger partial charge in [0.2, 0.25) is 0 Å². The fourth-order valence-electron chi connectivity index (χ4n) is 2.37. The smallest absolute Gasteiger partial charge is 0.311 e. The molecule has 2 aromatic carbocycles. The number of methoxy groups -OCH3 is 1. The van der Waals surface area contributed by atoms with Gasteiger partial charge in [-0.05, 0) is 36.8 Å². The minimum atomic E-state index is -0.262. The first-order valence-electron chi connectivity index (χ1n) is 7.55. The highest BCUT2D eigenvalue weighted by Gasteiger charge is 2.12. The number of H-pyrrole nitrogens is 1. The summed E-state index contributed by atoms with van der Waals surface area (Å²) >= 11 is 0. The van der Waals surface area contributed by atoms with Crippen molar-refractivity contribution < 1.29 is 14.3 Å². The third-order valence-corrected chi connectivity index (χ3v) is 3.50. The number of para-hydroxylation sites is 2. The van der Waals surface area contributed by atoms with E-state index >= 15 is 0 Å². The maximum atomic E-state index is 11.7. The quantitative estimate of drug-likeness (QED) is 0.572. The number of rotatable bonds is 5. The Morgan fingerprint density at radius 3 is 2.74 bits per heavy atom. The van der Waals surface area contributed by atoms with Gasteiger partial charge in [0, 0.05) is 12.0 Å². The van der Waals surface area contributed by atoms with Crippen LogP contribution in [0, 0.1) is 0 Å². The van der Waals surface area contributed by atoms with Crippen LogP contribution in [0.3, 0.4) is 0 Å². The summed E-state index contributed by atoms with van der Waals surface area (Å²) in [4.78, 5) is 19.5. The number of ether oxygens (including phenoxy) is 2. The molecule has 3 aromatic rings. The largest absolute Gasteiger partial charge is 0.493 e. The lowest BCUT2D eigenvalue weighted by molar-refractivity contribution is -0.134. The molecule has 5 heteroatoms. The molecule has 0 bridgehead atoms. The van der Waals surface area contributed by atoms with Gasteiger partial charge in [0.1, 0.15) is 5.82 Å². The van der Waals surface area contributed by atoms with Crippen LogP contribution in [-0.2, 0) is 4.79 Å². The molecule has 0 aliphatic rings. The summed E-state index contributed by atoms with van der Waals surface area (Å²) in [6.45, 7) is 1.93. The molecule has 1 N–H and O–H groups in total. The Labute approximate surface area is 134 Å². The van der Waals surface area contributed by atoms with Gasteiger partial charge in [-0.25, -0.2) is 4.98 Å². The number of hydrogen-bond donors (Lipinski definition) is 1. The van der Waals surface area contributed by atoms with Crippen LogP contribution in [0.15, 0.2) is 42.5 Å². The molecule has 0 radical (unpaired) electrons. The third kappa shape index (κ3) is 3.18. The Kier molecular flexibility index (Phi) is 4.28. The van der Waals surface area contributed by atoms with Crippen LogP contribution in [0.25, 0.3) is 22.4 Å². The lowest BCUT2D eigenvalue weighted by Crippen LogP contribution is -2.07. The van der Waals surface area contributed by atoms with Crippen molar-refractivity contribution in [3.05, 3.63) is 42.5 Å². The number of benzene rings is 2. The summed E-state index contributed by atoms with van der Waals surface area (Å²) in [5.74, 6) is 1.41. The average molecular weight is 310 g/mol. The summed E-state index contributed by atoms with van der Waals surface area (Å²) in [5, 5.41) is 0. The summed E-state index contributed by atoms with van der Waals surface area (Å²) in [6, 6.07) is 13.2. The van der Waals surface area contributed by atoms with E-state index in [0.717, 1.165) is 28.8 Å². The summed E-state index contributed by atoms with van der Waals surface area (Å²) in [7, 11) is 1.55. The van der Waals surface area contributed by atoms with Gasteiger partial charge in [-0.2, -0.15) is 0 Å². The monoisotopic (exact) mass is 310 g/mol.